The van der Waals surface area contributed by atoms with E-state index in [4.69, 9.17) is 22.7 Å². The lowest BCUT2D eigenvalue weighted by Crippen LogP contribution is -2.09. The molecule has 3 N–H and O–H groups in total. The van der Waals surface area contributed by atoms with Crippen LogP contribution in [0.5, 0.6) is 0 Å². The SMILES string of the molecule is Cc1c(Cl)ccc2c(NN)c(C#N)cnc12. The molecule has 0 radical (unpaired) electrons. The zero-order chi connectivity index (χ0) is 11.7. The van der Waals surface area contributed by atoms with Crippen LogP contribution < -0.4 is 11.3 Å². The molecule has 1 heterocycles. The van der Waals surface area contributed by atoms with Crippen LogP contribution >= 0.6 is 11.6 Å². The Labute approximate surface area is 97.6 Å². The Balaban J connectivity index is 2.91. The first-order valence-electron chi connectivity index (χ1n) is 4.63. The van der Waals surface area contributed by atoms with E-state index in [1.807, 2.05) is 13.0 Å². The van der Waals surface area contributed by atoms with Gasteiger partial charge in [0.05, 0.1) is 16.8 Å². The number of pyridine rings is 1. The molecule has 0 spiro atoms. The monoisotopic (exact) mass is 232 g/mol. The molecule has 0 aliphatic heterocycles. The van der Waals surface area contributed by atoms with Crippen molar-refractivity contribution in [1.82, 2.24) is 4.98 Å². The van der Waals surface area contributed by atoms with Crippen LogP contribution in [0, 0.1) is 18.3 Å². The van der Waals surface area contributed by atoms with Crippen LogP contribution in [0.15, 0.2) is 18.3 Å². The minimum Gasteiger partial charge on any atom is -0.322 e. The Morgan fingerprint density at radius 3 is 2.88 bits per heavy atom. The fourth-order valence-corrected chi connectivity index (χ4v) is 1.78. The highest BCUT2D eigenvalue weighted by atomic mass is 35.5. The van der Waals surface area contributed by atoms with Crippen molar-refractivity contribution in [1.29, 1.82) is 5.26 Å². The van der Waals surface area contributed by atoms with Gasteiger partial charge < -0.3 is 5.43 Å². The number of aromatic nitrogens is 1. The minimum absolute atomic E-state index is 0.414. The largest absolute Gasteiger partial charge is 0.322 e. The number of hydrogen-bond donors (Lipinski definition) is 2. The first kappa shape index (κ1) is 10.7. The summed E-state index contributed by atoms with van der Waals surface area (Å²) in [5.74, 6) is 5.42. The number of hydrazine groups is 1. The molecule has 0 bridgehead atoms. The van der Waals surface area contributed by atoms with Crippen molar-refractivity contribution in [3.05, 3.63) is 34.5 Å². The van der Waals surface area contributed by atoms with E-state index in [1.54, 1.807) is 12.1 Å². The predicted molar refractivity (Wildman–Crippen MR) is 64.0 cm³/mol. The standard InChI is InChI=1S/C11H9ClN4/c1-6-9(12)3-2-8-10(6)15-5-7(4-13)11(8)16-14/h2-3,5H,14H2,1H3,(H,15,16). The second-order valence-corrected chi connectivity index (χ2v) is 3.78. The van der Waals surface area contributed by atoms with Gasteiger partial charge >= 0.3 is 0 Å². The third-order valence-corrected chi connectivity index (χ3v) is 2.90. The highest BCUT2D eigenvalue weighted by Gasteiger charge is 2.10. The van der Waals surface area contributed by atoms with Gasteiger partial charge in [-0.3, -0.25) is 10.8 Å². The fraction of sp³-hybridized carbons (Fsp3) is 0.0909. The van der Waals surface area contributed by atoms with Gasteiger partial charge in [0.1, 0.15) is 6.07 Å². The molecule has 0 saturated heterocycles. The van der Waals surface area contributed by atoms with E-state index >= 15 is 0 Å². The molecule has 0 aliphatic rings. The molecule has 0 amide bonds. The van der Waals surface area contributed by atoms with Crippen molar-refractivity contribution in [2.75, 3.05) is 5.43 Å². The first-order valence-corrected chi connectivity index (χ1v) is 5.01. The Morgan fingerprint density at radius 1 is 1.50 bits per heavy atom. The van der Waals surface area contributed by atoms with E-state index in [-0.39, 0.29) is 0 Å². The minimum atomic E-state index is 0.414. The lowest BCUT2D eigenvalue weighted by atomic mass is 10.1. The second kappa shape index (κ2) is 3.97. The van der Waals surface area contributed by atoms with Gasteiger partial charge in [0.25, 0.3) is 0 Å². The van der Waals surface area contributed by atoms with Gasteiger partial charge in [-0.1, -0.05) is 11.6 Å². The molecule has 0 atom stereocenters. The number of fused-ring (bicyclic) bond motifs is 1. The van der Waals surface area contributed by atoms with E-state index in [0.29, 0.717) is 16.3 Å². The second-order valence-electron chi connectivity index (χ2n) is 3.37. The molecule has 4 nitrogen and oxygen atoms in total. The van der Waals surface area contributed by atoms with E-state index in [1.165, 1.54) is 6.20 Å². The number of anilines is 1. The number of hydrogen-bond acceptors (Lipinski definition) is 4. The normalized spacial score (nSPS) is 10.1. The number of nitrogens with zero attached hydrogens (tertiary/aromatic N) is 2. The van der Waals surface area contributed by atoms with Crippen LogP contribution in [0.25, 0.3) is 10.9 Å². The van der Waals surface area contributed by atoms with Crippen molar-refractivity contribution in [3.63, 3.8) is 0 Å². The first-order chi connectivity index (χ1) is 7.69. The summed E-state index contributed by atoms with van der Waals surface area (Å²) in [5, 5.41) is 10.4. The summed E-state index contributed by atoms with van der Waals surface area (Å²) in [7, 11) is 0. The van der Waals surface area contributed by atoms with Crippen molar-refractivity contribution >= 4 is 28.2 Å². The van der Waals surface area contributed by atoms with E-state index < -0.39 is 0 Å². The zero-order valence-electron chi connectivity index (χ0n) is 8.58. The number of rotatable bonds is 1. The Hall–Kier alpha value is -1.83. The smallest absolute Gasteiger partial charge is 0.103 e. The van der Waals surface area contributed by atoms with Crippen molar-refractivity contribution in [2.24, 2.45) is 5.84 Å². The third kappa shape index (κ3) is 1.47. The van der Waals surface area contributed by atoms with Crippen LogP contribution in [0.2, 0.25) is 5.02 Å². The summed E-state index contributed by atoms with van der Waals surface area (Å²) in [6, 6.07) is 5.60. The highest BCUT2D eigenvalue weighted by Crippen LogP contribution is 2.30. The number of nitrogens with one attached hydrogen (secondary N) is 1. The van der Waals surface area contributed by atoms with Gasteiger partial charge in [-0.2, -0.15) is 5.26 Å². The molecule has 1 aromatic heterocycles. The summed E-state index contributed by atoms with van der Waals surface area (Å²) in [5.41, 5.74) is 5.15. The van der Waals surface area contributed by atoms with Gasteiger partial charge in [-0.25, -0.2) is 0 Å². The molecule has 2 rings (SSSR count). The number of benzene rings is 1. The van der Waals surface area contributed by atoms with Crippen LogP contribution in [-0.2, 0) is 0 Å². The van der Waals surface area contributed by atoms with Crippen molar-refractivity contribution in [2.45, 2.75) is 6.92 Å². The molecule has 80 valence electrons. The molecule has 16 heavy (non-hydrogen) atoms. The molecule has 1 aromatic carbocycles. The number of nitrogen functional groups attached to an aromatic ring is 1. The number of nitriles is 1. The van der Waals surface area contributed by atoms with Crippen molar-refractivity contribution < 1.29 is 0 Å². The van der Waals surface area contributed by atoms with Crippen molar-refractivity contribution in [3.8, 4) is 6.07 Å². The maximum absolute atomic E-state index is 8.92. The molecule has 0 aliphatic carbocycles. The topological polar surface area (TPSA) is 74.7 Å². The van der Waals surface area contributed by atoms with Crippen LogP contribution in [0.4, 0.5) is 5.69 Å². The van der Waals surface area contributed by atoms with Gasteiger partial charge in [0, 0.05) is 16.6 Å². The molecular weight excluding hydrogens is 224 g/mol. The Bertz CT molecular complexity index is 601. The molecule has 0 unspecified atom stereocenters. The zero-order valence-corrected chi connectivity index (χ0v) is 9.34. The molecule has 5 heteroatoms. The maximum atomic E-state index is 8.92. The summed E-state index contributed by atoms with van der Waals surface area (Å²) >= 11 is 6.00. The molecule has 0 saturated carbocycles. The number of halogens is 1. The van der Waals surface area contributed by atoms with Crippen LogP contribution in [0.1, 0.15) is 11.1 Å². The van der Waals surface area contributed by atoms with Gasteiger partial charge in [-0.15, -0.1) is 0 Å². The fourth-order valence-electron chi connectivity index (χ4n) is 1.62. The highest BCUT2D eigenvalue weighted by molar-refractivity contribution is 6.32. The maximum Gasteiger partial charge on any atom is 0.103 e. The Kier molecular flexibility index (Phi) is 2.65. The quantitative estimate of drug-likeness (QED) is 0.585. The average Bonchev–Trinajstić information content (AvgIpc) is 2.32. The van der Waals surface area contributed by atoms with Gasteiger partial charge in [-0.05, 0) is 24.6 Å². The van der Waals surface area contributed by atoms with Crippen LogP contribution in [0.3, 0.4) is 0 Å². The van der Waals surface area contributed by atoms with Gasteiger partial charge in [0.15, 0.2) is 0 Å². The molecule has 2 aromatic rings. The average molecular weight is 233 g/mol. The lowest BCUT2D eigenvalue weighted by molar-refractivity contribution is 1.29. The summed E-state index contributed by atoms with van der Waals surface area (Å²) in [4.78, 5) is 4.22. The number of nitrogens with two attached hydrogens (primary N) is 1. The van der Waals surface area contributed by atoms with Gasteiger partial charge in [0.2, 0.25) is 0 Å². The van der Waals surface area contributed by atoms with E-state index in [2.05, 4.69) is 10.4 Å². The van der Waals surface area contributed by atoms with Crippen LogP contribution in [-0.4, -0.2) is 4.98 Å². The summed E-state index contributed by atoms with van der Waals surface area (Å²) in [6.45, 7) is 1.88. The Morgan fingerprint density at radius 2 is 2.25 bits per heavy atom. The predicted octanol–water partition coefficient (Wildman–Crippen LogP) is 2.35. The third-order valence-electron chi connectivity index (χ3n) is 2.49. The summed E-state index contributed by atoms with van der Waals surface area (Å²) < 4.78 is 0. The van der Waals surface area contributed by atoms with E-state index in [0.717, 1.165) is 16.5 Å². The summed E-state index contributed by atoms with van der Waals surface area (Å²) in [6.07, 6.45) is 1.49. The molecular formula is C11H9ClN4. The lowest BCUT2D eigenvalue weighted by Gasteiger charge is -2.09. The van der Waals surface area contributed by atoms with E-state index in [9.17, 15) is 0 Å². The number of aryl methyl sites for hydroxylation is 1. The molecule has 0 fully saturated rings.